The second-order valence-electron chi connectivity index (χ2n) is 9.11. The normalized spacial score (nSPS) is 23.2. The van der Waals surface area contributed by atoms with Crippen LogP contribution in [0.15, 0.2) is 6.07 Å². The maximum absolute atomic E-state index is 12.8. The minimum Gasteiger partial charge on any atom is -0.413 e. The van der Waals surface area contributed by atoms with E-state index in [9.17, 15) is 9.59 Å². The van der Waals surface area contributed by atoms with Crippen LogP contribution in [-0.4, -0.2) is 42.1 Å². The summed E-state index contributed by atoms with van der Waals surface area (Å²) in [6.45, 7) is 18.4. The fourth-order valence-electron chi connectivity index (χ4n) is 3.27. The van der Waals surface area contributed by atoms with Gasteiger partial charge in [0.15, 0.2) is 8.32 Å². The Labute approximate surface area is 157 Å². The molecule has 0 aliphatic carbocycles. The van der Waals surface area contributed by atoms with Gasteiger partial charge in [0.25, 0.3) is 5.91 Å². The van der Waals surface area contributed by atoms with Gasteiger partial charge in [-0.05, 0) is 45.0 Å². The van der Waals surface area contributed by atoms with Crippen molar-refractivity contribution in [3.05, 3.63) is 17.5 Å². The largest absolute Gasteiger partial charge is 0.413 e. The minimum absolute atomic E-state index is 0.0331. The first-order valence-corrected chi connectivity index (χ1v) is 12.2. The lowest BCUT2D eigenvalue weighted by molar-refractivity contribution is -0.141. The first kappa shape index (κ1) is 20.8. The zero-order valence-corrected chi connectivity index (χ0v) is 18.5. The molecule has 4 atom stereocenters. The predicted molar refractivity (Wildman–Crippen MR) is 105 cm³/mol. The second-order valence-corrected chi connectivity index (χ2v) is 13.9. The summed E-state index contributed by atoms with van der Waals surface area (Å²) in [4.78, 5) is 25.1. The van der Waals surface area contributed by atoms with Crippen molar-refractivity contribution in [2.45, 2.75) is 78.7 Å². The van der Waals surface area contributed by atoms with Crippen molar-refractivity contribution in [3.8, 4) is 0 Å². The average Bonchev–Trinajstić information content (AvgIpc) is 2.79. The van der Waals surface area contributed by atoms with Gasteiger partial charge in [0, 0.05) is 5.69 Å². The molecule has 0 spiro atoms. The summed E-state index contributed by atoms with van der Waals surface area (Å²) in [5, 5.41) is 7.26. The van der Waals surface area contributed by atoms with E-state index >= 15 is 0 Å². The summed E-state index contributed by atoms with van der Waals surface area (Å²) in [5.74, 6) is -0.791. The van der Waals surface area contributed by atoms with Gasteiger partial charge in [0.2, 0.25) is 5.91 Å². The monoisotopic (exact) mass is 379 g/mol. The molecular formula is C19H33N3O3Si. The Kier molecular flexibility index (Phi) is 5.55. The van der Waals surface area contributed by atoms with E-state index in [1.165, 1.54) is 4.68 Å². The number of rotatable bonds is 5. The van der Waals surface area contributed by atoms with Crippen molar-refractivity contribution in [2.24, 2.45) is 11.8 Å². The number of aryl methyl sites for hydroxylation is 2. The molecule has 1 N–H and O–H groups in total. The highest BCUT2D eigenvalue weighted by molar-refractivity contribution is 6.74. The number of carbonyl (C=O) groups is 2. The van der Waals surface area contributed by atoms with Gasteiger partial charge in [-0.2, -0.15) is 5.10 Å². The van der Waals surface area contributed by atoms with Gasteiger partial charge >= 0.3 is 0 Å². The van der Waals surface area contributed by atoms with Gasteiger partial charge in [-0.25, -0.2) is 4.68 Å². The van der Waals surface area contributed by atoms with Crippen molar-refractivity contribution in [2.75, 3.05) is 0 Å². The molecular weight excluding hydrogens is 346 g/mol. The molecule has 0 unspecified atom stereocenters. The number of hydrogen-bond acceptors (Lipinski definition) is 4. The van der Waals surface area contributed by atoms with Crippen LogP contribution in [0.1, 0.15) is 50.8 Å². The lowest BCUT2D eigenvalue weighted by Gasteiger charge is -2.46. The zero-order valence-electron chi connectivity index (χ0n) is 17.5. The fraction of sp³-hybridized carbons (Fsp3) is 0.737. The molecule has 1 aromatic heterocycles. The Hall–Kier alpha value is -1.47. The molecule has 0 saturated carbocycles. The Morgan fingerprint density at radius 3 is 2.31 bits per heavy atom. The van der Waals surface area contributed by atoms with Crippen molar-refractivity contribution in [3.63, 3.8) is 0 Å². The molecule has 1 aliphatic heterocycles. The van der Waals surface area contributed by atoms with Gasteiger partial charge < -0.3 is 9.74 Å². The molecule has 0 radical (unpaired) electrons. The molecule has 1 saturated heterocycles. The summed E-state index contributed by atoms with van der Waals surface area (Å²) in [5.41, 5.74) is 1.62. The molecule has 1 aromatic rings. The summed E-state index contributed by atoms with van der Waals surface area (Å²) < 4.78 is 7.86. The van der Waals surface area contributed by atoms with Gasteiger partial charge in [0.1, 0.15) is 0 Å². The molecule has 0 bridgehead atoms. The molecule has 1 amide bonds. The van der Waals surface area contributed by atoms with Crippen LogP contribution in [0.4, 0.5) is 0 Å². The van der Waals surface area contributed by atoms with Gasteiger partial charge in [-0.15, -0.1) is 0 Å². The number of nitrogens with zero attached hydrogens (tertiary/aromatic N) is 2. The summed E-state index contributed by atoms with van der Waals surface area (Å²) in [6.07, 6.45) is -0.217. The van der Waals surface area contributed by atoms with E-state index in [4.69, 9.17) is 4.43 Å². The SMILES string of the molecule is Cc1cc(C)n(C(=O)[C@H](C)[C@@H]2NC(=O)[C@@H]2[C@@H](C)O[Si](C)(C)C(C)(C)C)n1. The first-order chi connectivity index (χ1) is 11.8. The van der Waals surface area contributed by atoms with Crippen LogP contribution < -0.4 is 5.32 Å². The third-order valence-corrected chi connectivity index (χ3v) is 10.5. The van der Waals surface area contributed by atoms with Crippen molar-refractivity contribution in [1.29, 1.82) is 0 Å². The van der Waals surface area contributed by atoms with Crippen molar-refractivity contribution >= 4 is 20.1 Å². The molecule has 1 aliphatic rings. The van der Waals surface area contributed by atoms with Crippen LogP contribution >= 0.6 is 0 Å². The van der Waals surface area contributed by atoms with E-state index in [-0.39, 0.29) is 40.8 Å². The quantitative estimate of drug-likeness (QED) is 0.629. The molecule has 146 valence electrons. The van der Waals surface area contributed by atoms with Crippen LogP contribution in [-0.2, 0) is 9.22 Å². The number of nitrogens with one attached hydrogen (secondary N) is 1. The van der Waals surface area contributed by atoms with Crippen LogP contribution in [0, 0.1) is 25.7 Å². The Bertz CT molecular complexity index is 705. The standard InChI is InChI=1S/C19H33N3O3Si/c1-11-10-12(2)22(21-11)18(24)13(3)16-15(17(23)20-16)14(4)25-26(8,9)19(5,6)7/h10,13-16H,1-9H3,(H,20,23)/t13-,14-,15-,16+/m1/s1. The van der Waals surface area contributed by atoms with E-state index in [1.54, 1.807) is 0 Å². The molecule has 0 aromatic carbocycles. The highest BCUT2D eigenvalue weighted by atomic mass is 28.4. The Morgan fingerprint density at radius 2 is 1.88 bits per heavy atom. The van der Waals surface area contributed by atoms with E-state index < -0.39 is 8.32 Å². The van der Waals surface area contributed by atoms with Crippen molar-refractivity contribution < 1.29 is 14.0 Å². The number of carbonyl (C=O) groups excluding carboxylic acids is 2. The third-order valence-electron chi connectivity index (χ3n) is 5.94. The van der Waals surface area contributed by atoms with E-state index in [2.05, 4.69) is 44.3 Å². The maximum Gasteiger partial charge on any atom is 0.252 e. The molecule has 7 heteroatoms. The van der Waals surface area contributed by atoms with E-state index in [0.717, 1.165) is 11.4 Å². The highest BCUT2D eigenvalue weighted by Gasteiger charge is 2.50. The third kappa shape index (κ3) is 3.78. The van der Waals surface area contributed by atoms with Gasteiger partial charge in [0.05, 0.1) is 29.7 Å². The number of aromatic nitrogens is 2. The summed E-state index contributed by atoms with van der Waals surface area (Å²) in [6, 6.07) is 1.66. The average molecular weight is 380 g/mol. The lowest BCUT2D eigenvalue weighted by Crippen LogP contribution is -2.67. The number of hydrogen-bond donors (Lipinski definition) is 1. The lowest BCUT2D eigenvalue weighted by atomic mass is 9.78. The van der Waals surface area contributed by atoms with Gasteiger partial charge in [-0.1, -0.05) is 27.7 Å². The topological polar surface area (TPSA) is 73.2 Å². The highest BCUT2D eigenvalue weighted by Crippen LogP contribution is 2.39. The molecule has 2 rings (SSSR count). The van der Waals surface area contributed by atoms with Crippen LogP contribution in [0.3, 0.4) is 0 Å². The Balaban J connectivity index is 2.14. The van der Waals surface area contributed by atoms with Crippen LogP contribution in [0.5, 0.6) is 0 Å². The maximum atomic E-state index is 12.8. The minimum atomic E-state index is -1.99. The molecule has 6 nitrogen and oxygen atoms in total. The smallest absolute Gasteiger partial charge is 0.252 e. The predicted octanol–water partition coefficient (Wildman–Crippen LogP) is 3.30. The fourth-order valence-corrected chi connectivity index (χ4v) is 4.70. The van der Waals surface area contributed by atoms with E-state index in [0.29, 0.717) is 0 Å². The Morgan fingerprint density at radius 1 is 1.31 bits per heavy atom. The van der Waals surface area contributed by atoms with E-state index in [1.807, 2.05) is 33.8 Å². The molecule has 2 heterocycles. The molecule has 26 heavy (non-hydrogen) atoms. The summed E-state index contributed by atoms with van der Waals surface area (Å²) in [7, 11) is -1.99. The number of β-lactam (4-membered cyclic amide) rings is 1. The van der Waals surface area contributed by atoms with Crippen LogP contribution in [0.25, 0.3) is 0 Å². The van der Waals surface area contributed by atoms with Gasteiger partial charge in [-0.3, -0.25) is 9.59 Å². The van der Waals surface area contributed by atoms with Crippen LogP contribution in [0.2, 0.25) is 18.1 Å². The van der Waals surface area contributed by atoms with Crippen molar-refractivity contribution in [1.82, 2.24) is 15.1 Å². The second kappa shape index (κ2) is 6.92. The first-order valence-electron chi connectivity index (χ1n) is 9.32. The summed E-state index contributed by atoms with van der Waals surface area (Å²) >= 11 is 0. The number of amides is 1. The molecule has 1 fully saturated rings. The zero-order chi connectivity index (χ0) is 20.0.